The fourth-order valence-corrected chi connectivity index (χ4v) is 16.2. The van der Waals surface area contributed by atoms with Crippen molar-refractivity contribution in [3.8, 4) is 23.0 Å². The summed E-state index contributed by atoms with van der Waals surface area (Å²) in [6, 6.07) is 24.2. The average Bonchev–Trinajstić information content (AvgIpc) is 1.62. The highest BCUT2D eigenvalue weighted by Gasteiger charge is 2.34. The van der Waals surface area contributed by atoms with E-state index in [4.69, 9.17) is 38.3 Å². The van der Waals surface area contributed by atoms with E-state index in [-0.39, 0.29) is 60.5 Å². The lowest BCUT2D eigenvalue weighted by Gasteiger charge is -2.27. The fourth-order valence-electron chi connectivity index (χ4n) is 15.5. The lowest BCUT2D eigenvalue weighted by molar-refractivity contribution is 0.0501. The van der Waals surface area contributed by atoms with Gasteiger partial charge in [-0.15, -0.1) is 20.5 Å². The summed E-state index contributed by atoms with van der Waals surface area (Å²) < 4.78 is 39.2. The van der Waals surface area contributed by atoms with Crippen LogP contribution in [0.3, 0.4) is 0 Å². The Balaban J connectivity index is 0.000000142. The number of aromatic hydroxyl groups is 2. The number of halogens is 1. The molecule has 3 amide bonds. The number of ketones is 2. The van der Waals surface area contributed by atoms with Gasteiger partial charge in [0, 0.05) is 133 Å². The molecule has 4 aromatic heterocycles. The summed E-state index contributed by atoms with van der Waals surface area (Å²) in [6.07, 6.45) is 14.5. The van der Waals surface area contributed by atoms with Crippen molar-refractivity contribution in [3.05, 3.63) is 163 Å². The highest BCUT2D eigenvalue weighted by molar-refractivity contribution is 9.08. The first-order valence-electron chi connectivity index (χ1n) is 40.6. The summed E-state index contributed by atoms with van der Waals surface area (Å²) in [5.41, 5.74) is 18.9. The van der Waals surface area contributed by atoms with E-state index in [1.807, 2.05) is 156 Å². The zero-order valence-electron chi connectivity index (χ0n) is 69.9. The van der Waals surface area contributed by atoms with Crippen molar-refractivity contribution in [2.45, 2.75) is 207 Å². The molecular formula is C89H111BrN14O14. The number of carbonyl (C=O) groups excluding carboxylic acids is 5. The molecule has 8 aliphatic heterocycles. The number of benzene rings is 4. The first kappa shape index (κ1) is 86.9. The highest BCUT2D eigenvalue weighted by atomic mass is 79.9. The normalized spacial score (nSPS) is 19.3. The number of hydrogen-bond acceptors (Lipinski definition) is 25. The van der Waals surface area contributed by atoms with Crippen LogP contribution in [0.15, 0.2) is 114 Å². The van der Waals surface area contributed by atoms with Crippen molar-refractivity contribution in [1.82, 2.24) is 45.9 Å². The number of azo groups is 2. The van der Waals surface area contributed by atoms with Crippen LogP contribution in [-0.2, 0) is 39.2 Å². The zero-order valence-corrected chi connectivity index (χ0v) is 71.5. The molecule has 0 radical (unpaired) electrons. The number of nitrogens with zero attached hydrogens (tertiary/aromatic N) is 9. The summed E-state index contributed by atoms with van der Waals surface area (Å²) >= 11 is 3.39. The molecule has 0 aliphatic carbocycles. The topological polar surface area (TPSA) is 357 Å². The molecular weight excluding hydrogens is 1570 g/mol. The Morgan fingerprint density at radius 2 is 0.924 bits per heavy atom. The van der Waals surface area contributed by atoms with Gasteiger partial charge in [0.15, 0.2) is 47.9 Å². The molecule has 0 spiro atoms. The molecule has 8 aliphatic rings. The van der Waals surface area contributed by atoms with Crippen molar-refractivity contribution in [2.24, 2.45) is 26.2 Å². The van der Waals surface area contributed by atoms with Gasteiger partial charge in [-0.3, -0.25) is 24.3 Å². The summed E-state index contributed by atoms with van der Waals surface area (Å²) in [6.45, 7) is 33.7. The first-order chi connectivity index (χ1) is 56.3. The summed E-state index contributed by atoms with van der Waals surface area (Å²) in [7, 11) is 0. The van der Waals surface area contributed by atoms with E-state index < -0.39 is 22.9 Å². The number of carbonyl (C=O) groups is 5. The van der Waals surface area contributed by atoms with Crippen LogP contribution in [-0.4, -0.2) is 171 Å². The Morgan fingerprint density at radius 1 is 0.525 bits per heavy atom. The van der Waals surface area contributed by atoms with Gasteiger partial charge in [0.1, 0.15) is 50.9 Å². The number of hydrogen-bond donors (Lipinski definition) is 7. The highest BCUT2D eigenvalue weighted by Crippen LogP contribution is 2.44. The minimum absolute atomic E-state index is 0.0471. The van der Waals surface area contributed by atoms with Crippen LogP contribution in [0, 0.1) is 27.7 Å². The van der Waals surface area contributed by atoms with E-state index in [2.05, 4.69) is 89.2 Å². The molecule has 4 atom stereocenters. The lowest BCUT2D eigenvalue weighted by Crippen LogP contribution is -2.41. The Morgan fingerprint density at radius 3 is 1.35 bits per heavy atom. The molecule has 16 rings (SSSR count). The van der Waals surface area contributed by atoms with Crippen LogP contribution in [0.1, 0.15) is 202 Å². The molecule has 28 nitrogen and oxygen atoms in total. The van der Waals surface area contributed by atoms with Crippen LogP contribution >= 0.6 is 15.9 Å². The first-order valence-corrected chi connectivity index (χ1v) is 41.8. The minimum Gasteiger partial charge on any atom is -0.504 e. The van der Waals surface area contributed by atoms with Gasteiger partial charge < -0.3 is 69.7 Å². The molecule has 8 N–H and O–H groups in total. The minimum atomic E-state index is -0.529. The number of amides is 3. The number of furan rings is 2. The van der Waals surface area contributed by atoms with Gasteiger partial charge in [-0.05, 0) is 238 Å². The van der Waals surface area contributed by atoms with E-state index in [0.29, 0.717) is 101 Å². The number of alkyl carbamates (subject to hydrolysis) is 3. The van der Waals surface area contributed by atoms with Crippen LogP contribution in [0.2, 0.25) is 0 Å². The number of aromatic nitrogens is 2. The number of aryl methyl sites for hydroxylation is 4. The van der Waals surface area contributed by atoms with Gasteiger partial charge >= 0.3 is 18.3 Å². The van der Waals surface area contributed by atoms with Crippen molar-refractivity contribution in [1.29, 1.82) is 0 Å². The number of alkyl halides is 1. The average molecular weight is 1680 g/mol. The molecule has 0 saturated carbocycles. The number of nitrogens with two attached hydrogens (primary N) is 1. The zero-order chi connectivity index (χ0) is 84.3. The second kappa shape index (κ2) is 38.1. The third kappa shape index (κ3) is 21.7. The number of rotatable bonds is 16. The third-order valence-corrected chi connectivity index (χ3v) is 22.2. The number of fused-ring (bicyclic) bond motifs is 6. The van der Waals surface area contributed by atoms with Gasteiger partial charge in [0.2, 0.25) is 11.6 Å². The Kier molecular flexibility index (Phi) is 28.1. The molecule has 4 aromatic carbocycles. The van der Waals surface area contributed by atoms with Gasteiger partial charge in [-0.25, -0.2) is 24.4 Å². The Labute approximate surface area is 697 Å². The van der Waals surface area contributed by atoms with Gasteiger partial charge in [0.25, 0.3) is 0 Å². The second-order valence-corrected chi connectivity index (χ2v) is 34.4. The second-order valence-electron chi connectivity index (χ2n) is 33.8. The van der Waals surface area contributed by atoms with E-state index in [9.17, 15) is 34.2 Å². The summed E-state index contributed by atoms with van der Waals surface area (Å²) in [4.78, 5) is 74.1. The van der Waals surface area contributed by atoms with Crippen LogP contribution in [0.4, 0.5) is 26.0 Å². The maximum Gasteiger partial charge on any atom is 0.407 e. The quantitative estimate of drug-likeness (QED) is 0.0349. The number of pyridine rings is 2. The maximum absolute atomic E-state index is 12.2. The molecule has 8 aromatic rings. The third-order valence-electron chi connectivity index (χ3n) is 21.6. The molecule has 12 heterocycles. The van der Waals surface area contributed by atoms with Crippen molar-refractivity contribution < 1.29 is 66.7 Å². The van der Waals surface area contributed by atoms with Gasteiger partial charge in [-0.2, -0.15) is 0 Å². The molecule has 118 heavy (non-hydrogen) atoms. The number of Topliss-reactive ketones (excluding diaryl/α,β-unsaturated/α-hetero) is 2. The monoisotopic (exact) mass is 1680 g/mol. The Hall–Kier alpha value is -10.4. The lowest BCUT2D eigenvalue weighted by atomic mass is 10.0. The SMILES string of the molecule is CC(C)(C)OC(=O)NCC1CCCN1.Cc1ccc2c(O)c(C=C3N=Nc4ncccc43)oc2c1CN1CCCC1CN.Cc1ccc2c(O)c(C=C3N=Nc4ncccc43)oc2c1CN1CCCC1CNC(=O)OC(C)(C)C.Cc1ccc2c(c1CBr)OCC2=O.Cc1ccc2c(c1CN1CCCC1CNC(=O)OC(C)(C)C)OCC2=O. The van der Waals surface area contributed by atoms with Gasteiger partial charge in [-0.1, -0.05) is 40.2 Å². The number of likely N-dealkylation sites (tertiary alicyclic amines) is 3. The fraction of sp³-hybridized carbons (Fsp3) is 0.472. The molecule has 628 valence electrons. The molecule has 4 unspecified atom stereocenters. The van der Waals surface area contributed by atoms with Gasteiger partial charge in [0.05, 0.1) is 21.9 Å². The summed E-state index contributed by atoms with van der Waals surface area (Å²) in [5.74, 6) is 3.68. The molecule has 29 heteroatoms. The summed E-state index contributed by atoms with van der Waals surface area (Å²) in [5, 5.41) is 52.3. The van der Waals surface area contributed by atoms with Crippen molar-refractivity contribution in [3.63, 3.8) is 0 Å². The largest absolute Gasteiger partial charge is 0.504 e. The predicted octanol–water partition coefficient (Wildman–Crippen LogP) is 17.1. The standard InChI is InChI=1S/C27H31N5O4.C22H23N5O2.C20H28N2O4.C10H9BrO2.C10H20N2O2/c1-16-9-10-19-23(33)22(13-21-18-8-5-11-28-25(18)31-30-21)35-24(19)20(16)15-32-12-6-7-17(32)14-29-26(34)36-27(2,3)4;1-13-6-7-16-20(28)19(10-18-15-5-2-8-24-22(15)26-25-18)29-21(16)17(13)12-27-9-3-4-14(27)11-23;1-13-7-8-15-17(23)12-25-18(15)16(13)11-22-9-5-6-14(22)10-21-19(24)26-20(2,3)4;1-6-2-3-7-9(12)5-13-10(7)8(6)4-11;1-10(2,3)14-9(13)12-7-8-5-4-6-11-8/h5,8-11,13,17,33H,6-7,12,14-15H2,1-4H3,(H,29,34);2,5-8,10,14,28H,3-4,9,11-12,23H2,1H3;7-8,14H,5-6,9-12H2,1-4H3,(H,21,24);2-3H,4-5H2,1H3;8,11H,4-7H2,1-3H3,(H,12,13). The van der Waals surface area contributed by atoms with E-state index in [0.717, 1.165) is 168 Å². The molecule has 4 saturated heterocycles. The molecule has 0 bridgehead atoms. The number of ether oxygens (including phenoxy) is 5. The smallest absolute Gasteiger partial charge is 0.407 e. The Bertz CT molecular complexity index is 5140. The van der Waals surface area contributed by atoms with Crippen LogP contribution < -0.4 is 36.5 Å². The van der Waals surface area contributed by atoms with Crippen LogP contribution in [0.25, 0.3) is 45.5 Å². The van der Waals surface area contributed by atoms with E-state index in [1.165, 1.54) is 6.42 Å². The predicted molar refractivity (Wildman–Crippen MR) is 456 cm³/mol. The van der Waals surface area contributed by atoms with Crippen LogP contribution in [0.5, 0.6) is 23.0 Å². The maximum atomic E-state index is 12.2. The van der Waals surface area contributed by atoms with E-state index in [1.54, 1.807) is 24.5 Å². The van der Waals surface area contributed by atoms with Crippen molar-refractivity contribution in [2.75, 3.05) is 65.6 Å². The number of nitrogens with one attached hydrogen (secondary N) is 4. The molecule has 4 fully saturated rings. The van der Waals surface area contributed by atoms with E-state index >= 15 is 0 Å². The van der Waals surface area contributed by atoms with Crippen molar-refractivity contribution >= 4 is 103 Å².